The Kier molecular flexibility index (Phi) is 2.79. The number of fused-ring (bicyclic) bond motifs is 1. The number of rotatable bonds is 3. The minimum Gasteiger partial charge on any atom is -0.508 e. The van der Waals surface area contributed by atoms with E-state index in [4.69, 9.17) is 0 Å². The Bertz CT molecular complexity index is 923. The smallest absolute Gasteiger partial charge is 0.152 e. The largest absolute Gasteiger partial charge is 0.508 e. The van der Waals surface area contributed by atoms with Crippen LogP contribution in [0.2, 0.25) is 0 Å². The predicted octanol–water partition coefficient (Wildman–Crippen LogP) is 3.40. The maximum atomic E-state index is 9.33. The molecule has 2 heterocycles. The summed E-state index contributed by atoms with van der Waals surface area (Å²) >= 11 is 0. The van der Waals surface area contributed by atoms with Crippen LogP contribution in [0.5, 0.6) is 5.75 Å². The Balaban J connectivity index is 1.59. The minimum atomic E-state index is 0.245. The molecule has 0 atom stereocenters. The number of anilines is 2. The summed E-state index contributed by atoms with van der Waals surface area (Å²) in [6.45, 7) is 0. The van der Waals surface area contributed by atoms with Gasteiger partial charge in [-0.2, -0.15) is 10.2 Å². The summed E-state index contributed by atoms with van der Waals surface area (Å²) < 4.78 is 0. The van der Waals surface area contributed by atoms with Crippen LogP contribution >= 0.6 is 0 Å². The van der Waals surface area contributed by atoms with E-state index in [0.717, 1.165) is 33.7 Å². The van der Waals surface area contributed by atoms with Gasteiger partial charge in [0.15, 0.2) is 5.82 Å². The second-order valence-corrected chi connectivity index (χ2v) is 5.01. The molecular weight excluding hydrogens is 278 g/mol. The average Bonchev–Trinajstić information content (AvgIpc) is 3.17. The van der Waals surface area contributed by atoms with Gasteiger partial charge in [-0.05, 0) is 48.0 Å². The summed E-state index contributed by atoms with van der Waals surface area (Å²) in [6.07, 6.45) is 1.78. The molecule has 0 unspecified atom stereocenters. The van der Waals surface area contributed by atoms with Crippen molar-refractivity contribution in [3.8, 4) is 17.0 Å². The Morgan fingerprint density at radius 2 is 1.82 bits per heavy atom. The van der Waals surface area contributed by atoms with Crippen LogP contribution in [0.25, 0.3) is 22.2 Å². The summed E-state index contributed by atoms with van der Waals surface area (Å²) in [5, 5.41) is 27.8. The van der Waals surface area contributed by atoms with Gasteiger partial charge in [-0.1, -0.05) is 0 Å². The lowest BCUT2D eigenvalue weighted by Gasteiger charge is -2.02. The van der Waals surface area contributed by atoms with Crippen molar-refractivity contribution < 1.29 is 5.11 Å². The number of benzene rings is 2. The van der Waals surface area contributed by atoms with Gasteiger partial charge in [0.2, 0.25) is 0 Å². The molecule has 0 fully saturated rings. The highest BCUT2D eigenvalue weighted by Crippen LogP contribution is 2.24. The van der Waals surface area contributed by atoms with E-state index in [0.29, 0.717) is 0 Å². The molecule has 0 aliphatic rings. The molecule has 2 aromatic heterocycles. The summed E-state index contributed by atoms with van der Waals surface area (Å²) in [6, 6.07) is 14.8. The van der Waals surface area contributed by atoms with Gasteiger partial charge in [-0.25, -0.2) is 0 Å². The number of nitrogens with zero attached hydrogens (tertiary/aromatic N) is 2. The van der Waals surface area contributed by atoms with E-state index in [2.05, 4.69) is 25.7 Å². The Morgan fingerprint density at radius 3 is 2.68 bits per heavy atom. The highest BCUT2D eigenvalue weighted by atomic mass is 16.3. The molecule has 6 nitrogen and oxygen atoms in total. The number of hydrogen-bond acceptors (Lipinski definition) is 4. The molecule has 4 aromatic rings. The van der Waals surface area contributed by atoms with E-state index in [9.17, 15) is 5.11 Å². The number of phenolic OH excluding ortho intramolecular Hbond substituents is 1. The highest BCUT2D eigenvalue weighted by Gasteiger charge is 2.05. The quantitative estimate of drug-likeness (QED) is 0.465. The van der Waals surface area contributed by atoms with Crippen LogP contribution in [0.15, 0.2) is 54.7 Å². The number of aromatic nitrogens is 4. The van der Waals surface area contributed by atoms with Crippen molar-refractivity contribution >= 4 is 22.4 Å². The maximum Gasteiger partial charge on any atom is 0.152 e. The molecule has 0 aliphatic heterocycles. The first-order valence-electron chi connectivity index (χ1n) is 6.83. The molecule has 0 spiro atoms. The van der Waals surface area contributed by atoms with Gasteiger partial charge in [0, 0.05) is 17.1 Å². The van der Waals surface area contributed by atoms with E-state index in [1.165, 1.54) is 0 Å². The summed E-state index contributed by atoms with van der Waals surface area (Å²) in [5.74, 6) is 0.973. The molecule has 4 N–H and O–H groups in total. The lowest BCUT2D eigenvalue weighted by molar-refractivity contribution is 0.475. The molecule has 4 rings (SSSR count). The molecule has 6 heteroatoms. The average molecular weight is 291 g/mol. The molecule has 0 saturated carbocycles. The van der Waals surface area contributed by atoms with Crippen LogP contribution in [-0.2, 0) is 0 Å². The van der Waals surface area contributed by atoms with Gasteiger partial charge in [0.25, 0.3) is 0 Å². The number of aromatic hydroxyl groups is 1. The third kappa shape index (κ3) is 2.26. The molecule has 108 valence electrons. The van der Waals surface area contributed by atoms with Gasteiger partial charge in [-0.15, -0.1) is 0 Å². The highest BCUT2D eigenvalue weighted by molar-refractivity contribution is 5.82. The fourth-order valence-electron chi connectivity index (χ4n) is 2.34. The van der Waals surface area contributed by atoms with Crippen LogP contribution in [0.1, 0.15) is 0 Å². The first kappa shape index (κ1) is 12.5. The molecule has 0 amide bonds. The van der Waals surface area contributed by atoms with E-state index in [1.807, 2.05) is 36.4 Å². The molecule has 0 bridgehead atoms. The van der Waals surface area contributed by atoms with Gasteiger partial charge in [0.05, 0.1) is 17.4 Å². The first-order chi connectivity index (χ1) is 10.8. The standard InChI is InChI=1S/C16H13N5O/c22-13-4-1-10(2-5-13)15-8-16(21-20-15)18-12-3-6-14-11(7-12)9-17-19-14/h1-9,22H,(H,17,19)(H2,18,20,21). The Morgan fingerprint density at radius 1 is 0.955 bits per heavy atom. The molecule has 0 saturated heterocycles. The van der Waals surface area contributed by atoms with Crippen molar-refractivity contribution in [3.63, 3.8) is 0 Å². The zero-order valence-electron chi connectivity index (χ0n) is 11.5. The number of phenols is 1. The molecule has 0 aliphatic carbocycles. The lowest BCUT2D eigenvalue weighted by Crippen LogP contribution is -1.89. The fourth-order valence-corrected chi connectivity index (χ4v) is 2.34. The zero-order valence-corrected chi connectivity index (χ0v) is 11.5. The van der Waals surface area contributed by atoms with E-state index in [1.54, 1.807) is 18.3 Å². The lowest BCUT2D eigenvalue weighted by atomic mass is 10.1. The van der Waals surface area contributed by atoms with Gasteiger partial charge in [-0.3, -0.25) is 10.2 Å². The first-order valence-corrected chi connectivity index (χ1v) is 6.83. The van der Waals surface area contributed by atoms with Crippen molar-refractivity contribution in [1.82, 2.24) is 20.4 Å². The Hall–Kier alpha value is -3.28. The second-order valence-electron chi connectivity index (χ2n) is 5.01. The van der Waals surface area contributed by atoms with Gasteiger partial charge >= 0.3 is 0 Å². The maximum absolute atomic E-state index is 9.33. The van der Waals surface area contributed by atoms with Crippen LogP contribution in [-0.4, -0.2) is 25.5 Å². The molecule has 0 radical (unpaired) electrons. The predicted molar refractivity (Wildman–Crippen MR) is 85.1 cm³/mol. The number of aromatic amines is 2. The van der Waals surface area contributed by atoms with Crippen molar-refractivity contribution in [2.45, 2.75) is 0 Å². The van der Waals surface area contributed by atoms with E-state index in [-0.39, 0.29) is 5.75 Å². The summed E-state index contributed by atoms with van der Waals surface area (Å²) in [7, 11) is 0. The topological polar surface area (TPSA) is 89.6 Å². The summed E-state index contributed by atoms with van der Waals surface area (Å²) in [5.41, 5.74) is 3.78. The third-order valence-corrected chi connectivity index (χ3v) is 3.47. The van der Waals surface area contributed by atoms with Crippen molar-refractivity contribution in [2.24, 2.45) is 0 Å². The minimum absolute atomic E-state index is 0.245. The number of hydrogen-bond donors (Lipinski definition) is 4. The van der Waals surface area contributed by atoms with Crippen LogP contribution < -0.4 is 5.32 Å². The SMILES string of the molecule is Oc1ccc(-c2cc(Nc3ccc4[nH]ncc4c3)n[nH]2)cc1. The molecule has 2 aromatic carbocycles. The monoisotopic (exact) mass is 291 g/mol. The normalized spacial score (nSPS) is 10.9. The zero-order chi connectivity index (χ0) is 14.9. The van der Waals surface area contributed by atoms with Crippen molar-refractivity contribution in [1.29, 1.82) is 0 Å². The molecule has 22 heavy (non-hydrogen) atoms. The molecular formula is C16H13N5O. The Labute approximate surface area is 125 Å². The van der Waals surface area contributed by atoms with Crippen molar-refractivity contribution in [3.05, 3.63) is 54.7 Å². The second kappa shape index (κ2) is 4.92. The van der Waals surface area contributed by atoms with Crippen LogP contribution in [0.3, 0.4) is 0 Å². The number of H-pyrrole nitrogens is 2. The van der Waals surface area contributed by atoms with E-state index >= 15 is 0 Å². The van der Waals surface area contributed by atoms with Gasteiger partial charge < -0.3 is 10.4 Å². The van der Waals surface area contributed by atoms with Gasteiger partial charge in [0.1, 0.15) is 5.75 Å². The van der Waals surface area contributed by atoms with Crippen molar-refractivity contribution in [2.75, 3.05) is 5.32 Å². The fraction of sp³-hybridized carbons (Fsp3) is 0. The summed E-state index contributed by atoms with van der Waals surface area (Å²) in [4.78, 5) is 0. The number of nitrogens with one attached hydrogen (secondary N) is 3. The third-order valence-electron chi connectivity index (χ3n) is 3.47. The van der Waals surface area contributed by atoms with E-state index < -0.39 is 0 Å². The van der Waals surface area contributed by atoms with Crippen LogP contribution in [0, 0.1) is 0 Å². The van der Waals surface area contributed by atoms with Crippen LogP contribution in [0.4, 0.5) is 11.5 Å².